The summed E-state index contributed by atoms with van der Waals surface area (Å²) < 4.78 is 40.1. The van der Waals surface area contributed by atoms with E-state index >= 15 is 0 Å². The molecule has 11 nitrogen and oxygen atoms in total. The van der Waals surface area contributed by atoms with Crippen molar-refractivity contribution in [3.05, 3.63) is 58.2 Å². The number of aryl methyl sites for hydroxylation is 2. The number of para-hydroxylation sites is 1. The first-order valence-corrected chi connectivity index (χ1v) is 13.1. The fraction of sp³-hybridized carbons (Fsp3) is 0.417. The number of aromatic hydroxyl groups is 1. The van der Waals surface area contributed by atoms with E-state index in [2.05, 4.69) is 19.7 Å². The molecule has 0 saturated heterocycles. The number of aromatic nitrogens is 4. The normalized spacial score (nSPS) is 12.2. The Morgan fingerprint density at radius 3 is 2.31 bits per heavy atom. The highest BCUT2D eigenvalue weighted by atomic mass is 32.2. The maximum absolute atomic E-state index is 13.7. The molecule has 1 atom stereocenters. The molecule has 0 aliphatic carbocycles. The number of benzene rings is 1. The van der Waals surface area contributed by atoms with Gasteiger partial charge in [-0.1, -0.05) is 26.3 Å². The van der Waals surface area contributed by atoms with Gasteiger partial charge in [-0.05, 0) is 31.0 Å². The van der Waals surface area contributed by atoms with Gasteiger partial charge < -0.3 is 14.6 Å². The Bertz CT molecular complexity index is 1350. The van der Waals surface area contributed by atoms with Crippen molar-refractivity contribution in [3.63, 3.8) is 0 Å². The summed E-state index contributed by atoms with van der Waals surface area (Å²) in [5, 5.41) is 10.7. The molecule has 0 aliphatic heterocycles. The highest BCUT2D eigenvalue weighted by Crippen LogP contribution is 2.35. The highest BCUT2D eigenvalue weighted by Gasteiger charge is 2.27. The summed E-state index contributed by atoms with van der Waals surface area (Å²) in [6.07, 6.45) is 4.67. The Morgan fingerprint density at radius 2 is 1.75 bits per heavy atom. The monoisotopic (exact) mass is 517 g/mol. The van der Waals surface area contributed by atoms with E-state index in [9.17, 15) is 18.3 Å². The van der Waals surface area contributed by atoms with Crippen molar-refractivity contribution in [1.29, 1.82) is 0 Å². The maximum Gasteiger partial charge on any atom is 0.286 e. The predicted octanol–water partition coefficient (Wildman–Crippen LogP) is 2.94. The number of nitrogens with zero attached hydrogens (tertiary/aromatic N) is 4. The number of anilines is 1. The van der Waals surface area contributed by atoms with E-state index in [1.807, 2.05) is 20.8 Å². The molecule has 0 bridgehead atoms. The number of methoxy groups -OCH3 is 2. The number of ether oxygens (including phenoxy) is 2. The lowest BCUT2D eigenvalue weighted by Crippen LogP contribution is -2.31. The lowest BCUT2D eigenvalue weighted by atomic mass is 10.0. The molecule has 0 fully saturated rings. The van der Waals surface area contributed by atoms with Crippen molar-refractivity contribution < 1.29 is 23.0 Å². The fourth-order valence-corrected chi connectivity index (χ4v) is 4.80. The molecule has 2 N–H and O–H groups in total. The molecule has 12 heteroatoms. The van der Waals surface area contributed by atoms with Gasteiger partial charge in [0.25, 0.3) is 5.56 Å². The molecule has 194 valence electrons. The third-order valence-corrected chi connectivity index (χ3v) is 6.82. The van der Waals surface area contributed by atoms with Gasteiger partial charge in [0.1, 0.15) is 28.8 Å². The largest absolute Gasteiger partial charge is 0.494 e. The number of rotatable bonds is 11. The molecule has 3 aromatic rings. The van der Waals surface area contributed by atoms with Crippen molar-refractivity contribution >= 4 is 15.7 Å². The lowest BCUT2D eigenvalue weighted by Gasteiger charge is -2.22. The molecular formula is C24H31N5O6S. The zero-order chi connectivity index (χ0) is 26.5. The van der Waals surface area contributed by atoms with Crippen molar-refractivity contribution in [2.24, 2.45) is 0 Å². The smallest absolute Gasteiger partial charge is 0.286 e. The van der Waals surface area contributed by atoms with Crippen LogP contribution < -0.4 is 19.8 Å². The molecule has 2 aromatic heterocycles. The highest BCUT2D eigenvalue weighted by molar-refractivity contribution is 7.92. The number of sulfonamides is 1. The molecule has 0 amide bonds. The second kappa shape index (κ2) is 11.4. The topological polar surface area (TPSA) is 146 Å². The van der Waals surface area contributed by atoms with Crippen LogP contribution in [0.1, 0.15) is 49.8 Å². The van der Waals surface area contributed by atoms with Crippen LogP contribution >= 0.6 is 0 Å². The molecule has 3 rings (SSSR count). The first-order chi connectivity index (χ1) is 17.1. The van der Waals surface area contributed by atoms with Crippen LogP contribution in [-0.2, 0) is 16.4 Å². The number of hydrogen-bond donors (Lipinski definition) is 2. The summed E-state index contributed by atoms with van der Waals surface area (Å²) in [6.45, 7) is 5.68. The van der Waals surface area contributed by atoms with E-state index in [0.29, 0.717) is 23.7 Å². The Hall–Kier alpha value is -3.67. The number of hydrogen-bond acceptors (Lipinski definition) is 9. The first kappa shape index (κ1) is 26.9. The van der Waals surface area contributed by atoms with Crippen molar-refractivity contribution in [2.75, 3.05) is 24.7 Å². The molecule has 2 heterocycles. The van der Waals surface area contributed by atoms with Gasteiger partial charge >= 0.3 is 0 Å². The minimum Gasteiger partial charge on any atom is -0.494 e. The zero-order valence-electron chi connectivity index (χ0n) is 21.0. The number of nitrogens with one attached hydrogen (secondary N) is 1. The molecule has 0 spiro atoms. The summed E-state index contributed by atoms with van der Waals surface area (Å²) in [5.41, 5.74) is -0.273. The Morgan fingerprint density at radius 1 is 1.14 bits per heavy atom. The van der Waals surface area contributed by atoms with E-state index in [1.54, 1.807) is 30.6 Å². The molecule has 36 heavy (non-hydrogen) atoms. The van der Waals surface area contributed by atoms with Crippen LogP contribution in [0, 0.1) is 6.92 Å². The zero-order valence-corrected chi connectivity index (χ0v) is 21.8. The van der Waals surface area contributed by atoms with Crippen molar-refractivity contribution in [2.45, 2.75) is 46.0 Å². The van der Waals surface area contributed by atoms with Gasteiger partial charge in [0.2, 0.25) is 15.9 Å². The third-order valence-electron chi connectivity index (χ3n) is 5.56. The Balaban J connectivity index is 2.12. The standard InChI is InChI=1S/C24H31N5O6S/c1-6-8-16(3)22-27-23(30)20(28-36(32,33)12-11-19-25-13-15(2)14-26-19)24(31)29(22)21-17(34-4)9-7-10-18(21)35-5/h7,9-10,13-14,16,28,30H,6,8,11-12H2,1-5H3/t16-/m1/s1. The molecular weight excluding hydrogens is 486 g/mol. The summed E-state index contributed by atoms with van der Waals surface area (Å²) in [6, 6.07) is 5.00. The van der Waals surface area contributed by atoms with Crippen LogP contribution in [0.25, 0.3) is 5.69 Å². The van der Waals surface area contributed by atoms with E-state index < -0.39 is 32.9 Å². The minimum atomic E-state index is -4.07. The average Bonchev–Trinajstić information content (AvgIpc) is 2.85. The van der Waals surface area contributed by atoms with Crippen LogP contribution in [0.15, 0.2) is 35.4 Å². The molecule has 0 saturated carbocycles. The maximum atomic E-state index is 13.7. The van der Waals surface area contributed by atoms with Crippen LogP contribution in [-0.4, -0.2) is 53.0 Å². The minimum absolute atomic E-state index is 0.0178. The van der Waals surface area contributed by atoms with Crippen LogP contribution in [0.2, 0.25) is 0 Å². The Labute approximate surface area is 210 Å². The predicted molar refractivity (Wildman–Crippen MR) is 136 cm³/mol. The van der Waals surface area contributed by atoms with Crippen LogP contribution in [0.4, 0.5) is 5.69 Å². The fourth-order valence-electron chi connectivity index (χ4n) is 3.76. The van der Waals surface area contributed by atoms with E-state index in [0.717, 1.165) is 12.0 Å². The SMILES string of the molecule is CCC[C@@H](C)c1nc(O)c(NS(=O)(=O)CCc2ncc(C)cn2)c(=O)n1-c1c(OC)cccc1OC. The van der Waals surface area contributed by atoms with Gasteiger partial charge in [-0.3, -0.25) is 14.1 Å². The lowest BCUT2D eigenvalue weighted by molar-refractivity contribution is 0.387. The van der Waals surface area contributed by atoms with Gasteiger partial charge in [0.15, 0.2) is 5.69 Å². The van der Waals surface area contributed by atoms with E-state index in [-0.39, 0.29) is 23.9 Å². The second-order valence-corrected chi connectivity index (χ2v) is 10.2. The summed E-state index contributed by atoms with van der Waals surface area (Å²) >= 11 is 0. The average molecular weight is 518 g/mol. The first-order valence-electron chi connectivity index (χ1n) is 11.5. The Kier molecular flexibility index (Phi) is 8.51. The molecule has 0 aliphatic rings. The summed E-state index contributed by atoms with van der Waals surface area (Å²) in [5.74, 6) is -0.128. The van der Waals surface area contributed by atoms with Gasteiger partial charge in [-0.2, -0.15) is 4.98 Å². The summed E-state index contributed by atoms with van der Waals surface area (Å²) in [7, 11) is -1.17. The molecule has 0 unspecified atom stereocenters. The van der Waals surface area contributed by atoms with E-state index in [4.69, 9.17) is 9.47 Å². The van der Waals surface area contributed by atoms with Crippen molar-refractivity contribution in [1.82, 2.24) is 19.5 Å². The molecule has 1 aromatic carbocycles. The van der Waals surface area contributed by atoms with Crippen molar-refractivity contribution in [3.8, 4) is 23.1 Å². The van der Waals surface area contributed by atoms with Gasteiger partial charge in [0, 0.05) is 24.7 Å². The van der Waals surface area contributed by atoms with Crippen LogP contribution in [0.5, 0.6) is 17.4 Å². The second-order valence-electron chi connectivity index (χ2n) is 8.36. The van der Waals surface area contributed by atoms with E-state index in [1.165, 1.54) is 18.8 Å². The van der Waals surface area contributed by atoms with Gasteiger partial charge in [0.05, 0.1) is 20.0 Å². The van der Waals surface area contributed by atoms with Gasteiger partial charge in [-0.15, -0.1) is 0 Å². The van der Waals surface area contributed by atoms with Crippen LogP contribution in [0.3, 0.4) is 0 Å². The van der Waals surface area contributed by atoms with Gasteiger partial charge in [-0.25, -0.2) is 18.4 Å². The third kappa shape index (κ3) is 5.93. The quantitative estimate of drug-likeness (QED) is 0.392. The summed E-state index contributed by atoms with van der Waals surface area (Å²) in [4.78, 5) is 26.2. The molecule has 0 radical (unpaired) electrons.